The lowest BCUT2D eigenvalue weighted by Crippen LogP contribution is -2.15. The Morgan fingerprint density at radius 2 is 2.12 bits per heavy atom. The van der Waals surface area contributed by atoms with Gasteiger partial charge < -0.3 is 5.32 Å². The molecule has 0 saturated heterocycles. The Morgan fingerprint density at radius 1 is 1.44 bits per heavy atom. The predicted octanol–water partition coefficient (Wildman–Crippen LogP) is 1.60. The Morgan fingerprint density at radius 3 is 2.62 bits per heavy atom. The van der Waals surface area contributed by atoms with Gasteiger partial charge in [-0.2, -0.15) is 0 Å². The lowest BCUT2D eigenvalue weighted by Gasteiger charge is -2.06. The molecule has 0 aliphatic heterocycles. The van der Waals surface area contributed by atoms with Crippen LogP contribution in [0.5, 0.6) is 0 Å². The van der Waals surface area contributed by atoms with Gasteiger partial charge in [-0.3, -0.25) is 0 Å². The Hall–Kier alpha value is -0.430. The fraction of sp³-hybridized carbons (Fsp3) is 0.400. The number of primary sulfonamides is 1. The standard InChI is InChI=1S/C10H15BrN2O2S/c1-2-5-13-7-8-3-4-10(9(11)6-8)16(12,14)15/h3-4,6,13H,2,5,7H2,1H3,(H2,12,14,15). The van der Waals surface area contributed by atoms with E-state index in [4.69, 9.17) is 5.14 Å². The first-order chi connectivity index (χ1) is 7.45. The molecule has 1 rings (SSSR count). The van der Waals surface area contributed by atoms with E-state index in [0.717, 1.165) is 25.1 Å². The number of benzene rings is 1. The van der Waals surface area contributed by atoms with Crippen molar-refractivity contribution in [2.75, 3.05) is 6.54 Å². The molecule has 3 N–H and O–H groups in total. The second-order valence-electron chi connectivity index (χ2n) is 3.49. The third kappa shape index (κ3) is 3.86. The van der Waals surface area contributed by atoms with Crippen molar-refractivity contribution < 1.29 is 8.42 Å². The van der Waals surface area contributed by atoms with Crippen molar-refractivity contribution in [1.29, 1.82) is 0 Å². The molecule has 0 saturated carbocycles. The number of rotatable bonds is 5. The van der Waals surface area contributed by atoms with E-state index in [-0.39, 0.29) is 4.90 Å². The Kier molecular flexibility index (Phi) is 4.91. The number of hydrogen-bond donors (Lipinski definition) is 2. The zero-order valence-corrected chi connectivity index (χ0v) is 11.4. The molecular weight excluding hydrogens is 292 g/mol. The van der Waals surface area contributed by atoms with Gasteiger partial charge >= 0.3 is 0 Å². The molecule has 0 atom stereocenters. The van der Waals surface area contributed by atoms with E-state index in [1.165, 1.54) is 6.07 Å². The van der Waals surface area contributed by atoms with Crippen LogP contribution in [-0.4, -0.2) is 15.0 Å². The SMILES string of the molecule is CCCNCc1ccc(S(N)(=O)=O)c(Br)c1. The highest BCUT2D eigenvalue weighted by atomic mass is 79.9. The molecule has 1 aromatic rings. The van der Waals surface area contributed by atoms with E-state index in [9.17, 15) is 8.42 Å². The van der Waals surface area contributed by atoms with Crippen LogP contribution in [0.3, 0.4) is 0 Å². The molecule has 0 fully saturated rings. The van der Waals surface area contributed by atoms with Crippen LogP contribution in [0.1, 0.15) is 18.9 Å². The van der Waals surface area contributed by atoms with Gasteiger partial charge in [0, 0.05) is 11.0 Å². The van der Waals surface area contributed by atoms with Gasteiger partial charge in [-0.05, 0) is 46.6 Å². The first-order valence-electron chi connectivity index (χ1n) is 4.97. The minimum Gasteiger partial charge on any atom is -0.313 e. The van der Waals surface area contributed by atoms with E-state index in [0.29, 0.717) is 4.47 Å². The summed E-state index contributed by atoms with van der Waals surface area (Å²) in [6.07, 6.45) is 1.07. The number of hydrogen-bond acceptors (Lipinski definition) is 3. The van der Waals surface area contributed by atoms with Crippen LogP contribution in [-0.2, 0) is 16.6 Å². The van der Waals surface area contributed by atoms with Gasteiger partial charge in [-0.1, -0.05) is 13.0 Å². The maximum Gasteiger partial charge on any atom is 0.239 e. The molecule has 0 aromatic heterocycles. The lowest BCUT2D eigenvalue weighted by molar-refractivity contribution is 0.597. The van der Waals surface area contributed by atoms with Crippen molar-refractivity contribution in [3.8, 4) is 0 Å². The minimum absolute atomic E-state index is 0.117. The van der Waals surface area contributed by atoms with Crippen LogP contribution in [0, 0.1) is 0 Å². The van der Waals surface area contributed by atoms with E-state index < -0.39 is 10.0 Å². The lowest BCUT2D eigenvalue weighted by atomic mass is 10.2. The van der Waals surface area contributed by atoms with Crippen LogP contribution < -0.4 is 10.5 Å². The molecular formula is C10H15BrN2O2S. The Labute approximate surface area is 104 Å². The van der Waals surface area contributed by atoms with Crippen LogP contribution >= 0.6 is 15.9 Å². The van der Waals surface area contributed by atoms with Gasteiger partial charge in [-0.25, -0.2) is 13.6 Å². The van der Waals surface area contributed by atoms with Gasteiger partial charge in [0.05, 0.1) is 4.90 Å². The van der Waals surface area contributed by atoms with E-state index in [2.05, 4.69) is 28.2 Å². The minimum atomic E-state index is -3.64. The average Bonchev–Trinajstić information content (AvgIpc) is 2.16. The van der Waals surface area contributed by atoms with Gasteiger partial charge in [0.2, 0.25) is 10.0 Å². The molecule has 0 aliphatic rings. The van der Waals surface area contributed by atoms with Crippen LogP contribution in [0.2, 0.25) is 0 Å². The van der Waals surface area contributed by atoms with Crippen LogP contribution in [0.15, 0.2) is 27.6 Å². The van der Waals surface area contributed by atoms with Crippen LogP contribution in [0.4, 0.5) is 0 Å². The zero-order valence-electron chi connectivity index (χ0n) is 9.03. The zero-order chi connectivity index (χ0) is 12.2. The second-order valence-corrected chi connectivity index (χ2v) is 5.87. The Bertz CT molecular complexity index is 460. The van der Waals surface area contributed by atoms with Gasteiger partial charge in [0.15, 0.2) is 0 Å². The smallest absolute Gasteiger partial charge is 0.239 e. The molecule has 0 spiro atoms. The summed E-state index contributed by atoms with van der Waals surface area (Å²) < 4.78 is 22.8. The molecule has 16 heavy (non-hydrogen) atoms. The molecule has 0 amide bonds. The summed E-state index contributed by atoms with van der Waals surface area (Å²) in [6, 6.07) is 5.04. The number of halogens is 1. The van der Waals surface area contributed by atoms with Gasteiger partial charge in [-0.15, -0.1) is 0 Å². The first-order valence-corrected chi connectivity index (χ1v) is 7.31. The van der Waals surface area contributed by atoms with E-state index in [1.807, 2.05) is 0 Å². The highest BCUT2D eigenvalue weighted by Gasteiger charge is 2.12. The highest BCUT2D eigenvalue weighted by molar-refractivity contribution is 9.10. The van der Waals surface area contributed by atoms with Crippen molar-refractivity contribution in [2.45, 2.75) is 24.8 Å². The van der Waals surface area contributed by atoms with Gasteiger partial charge in [0.25, 0.3) is 0 Å². The maximum atomic E-state index is 11.2. The van der Waals surface area contributed by atoms with Crippen molar-refractivity contribution in [3.63, 3.8) is 0 Å². The first kappa shape index (κ1) is 13.6. The van der Waals surface area contributed by atoms with E-state index >= 15 is 0 Å². The third-order valence-corrected chi connectivity index (χ3v) is 3.95. The molecule has 4 nitrogen and oxygen atoms in total. The number of nitrogens with one attached hydrogen (secondary N) is 1. The summed E-state index contributed by atoms with van der Waals surface area (Å²) in [5, 5.41) is 8.29. The van der Waals surface area contributed by atoms with Crippen molar-refractivity contribution in [1.82, 2.24) is 5.32 Å². The molecule has 0 bridgehead atoms. The number of sulfonamides is 1. The molecule has 0 aliphatic carbocycles. The van der Waals surface area contributed by atoms with Crippen LogP contribution in [0.25, 0.3) is 0 Å². The van der Waals surface area contributed by atoms with Crippen molar-refractivity contribution in [3.05, 3.63) is 28.2 Å². The fourth-order valence-electron chi connectivity index (χ4n) is 1.29. The van der Waals surface area contributed by atoms with Crippen molar-refractivity contribution >= 4 is 26.0 Å². The topological polar surface area (TPSA) is 72.2 Å². The maximum absolute atomic E-state index is 11.2. The third-order valence-electron chi connectivity index (χ3n) is 2.06. The molecule has 0 unspecified atom stereocenters. The molecule has 1 aromatic carbocycles. The monoisotopic (exact) mass is 306 g/mol. The molecule has 0 radical (unpaired) electrons. The summed E-state index contributed by atoms with van der Waals surface area (Å²) >= 11 is 3.20. The largest absolute Gasteiger partial charge is 0.313 e. The van der Waals surface area contributed by atoms with Crippen molar-refractivity contribution in [2.24, 2.45) is 5.14 Å². The molecule has 0 heterocycles. The average molecular weight is 307 g/mol. The molecule has 6 heteroatoms. The second kappa shape index (κ2) is 5.77. The van der Waals surface area contributed by atoms with E-state index in [1.54, 1.807) is 12.1 Å². The quantitative estimate of drug-likeness (QED) is 0.812. The normalized spacial score (nSPS) is 11.7. The summed E-state index contributed by atoms with van der Waals surface area (Å²) in [6.45, 7) is 3.75. The summed E-state index contributed by atoms with van der Waals surface area (Å²) in [5.41, 5.74) is 1.02. The van der Waals surface area contributed by atoms with Gasteiger partial charge in [0.1, 0.15) is 0 Å². The molecule has 90 valence electrons. The summed E-state index contributed by atoms with van der Waals surface area (Å²) in [7, 11) is -3.64. The highest BCUT2D eigenvalue weighted by Crippen LogP contribution is 2.21. The Balaban J connectivity index is 2.83. The summed E-state index contributed by atoms with van der Waals surface area (Å²) in [5.74, 6) is 0. The predicted molar refractivity (Wildman–Crippen MR) is 67.5 cm³/mol. The fourth-order valence-corrected chi connectivity index (χ4v) is 2.99. The number of nitrogens with two attached hydrogens (primary N) is 1. The summed E-state index contributed by atoms with van der Waals surface area (Å²) in [4.78, 5) is 0.117.